The zero-order valence-corrected chi connectivity index (χ0v) is 21.2. The van der Waals surface area contributed by atoms with E-state index in [2.05, 4.69) is 9.62 Å². The van der Waals surface area contributed by atoms with E-state index in [4.69, 9.17) is 27.9 Å². The van der Waals surface area contributed by atoms with E-state index in [1.165, 1.54) is 18.2 Å². The first-order valence-corrected chi connectivity index (χ1v) is 13.4. The van der Waals surface area contributed by atoms with Crippen LogP contribution in [0.2, 0.25) is 10.0 Å². The molecule has 182 valence electrons. The summed E-state index contributed by atoms with van der Waals surface area (Å²) >= 11 is 13.6. The van der Waals surface area contributed by atoms with Crippen LogP contribution in [0.5, 0.6) is 5.75 Å². The highest BCUT2D eigenvalue weighted by molar-refractivity contribution is 7.95. The summed E-state index contributed by atoms with van der Waals surface area (Å²) in [6.07, 6.45) is 5.07. The molecule has 1 saturated carbocycles. The van der Waals surface area contributed by atoms with E-state index in [0.29, 0.717) is 21.7 Å². The highest BCUT2D eigenvalue weighted by Crippen LogP contribution is 2.45. The number of rotatable bonds is 8. The lowest BCUT2D eigenvalue weighted by Crippen LogP contribution is -2.40. The number of nitrogens with zero attached hydrogens (tertiary/aromatic N) is 2. The first-order chi connectivity index (χ1) is 16.4. The molecule has 3 aliphatic rings. The predicted octanol–water partition coefficient (Wildman–Crippen LogP) is 6.05. The highest BCUT2D eigenvalue weighted by atomic mass is 35.5. The van der Waals surface area contributed by atoms with Crippen molar-refractivity contribution in [3.05, 3.63) is 62.9 Å². The predicted molar refractivity (Wildman–Crippen MR) is 135 cm³/mol. The van der Waals surface area contributed by atoms with Crippen molar-refractivity contribution in [2.75, 3.05) is 26.2 Å². The van der Waals surface area contributed by atoms with Gasteiger partial charge in [0.15, 0.2) is 0 Å². The molecular weight excluding hydrogens is 496 g/mol. The van der Waals surface area contributed by atoms with Crippen molar-refractivity contribution in [1.29, 1.82) is 0 Å². The van der Waals surface area contributed by atoms with E-state index < -0.39 is 11.7 Å². The Morgan fingerprint density at radius 3 is 2.50 bits per heavy atom. The lowest BCUT2D eigenvalue weighted by molar-refractivity contribution is 0.0832. The number of carbonyl (C=O) groups is 1. The fourth-order valence-electron chi connectivity index (χ4n) is 4.49. The van der Waals surface area contributed by atoms with Crippen molar-refractivity contribution in [2.45, 2.75) is 50.7 Å². The molecule has 5 nitrogen and oxygen atoms in total. The van der Waals surface area contributed by atoms with Crippen LogP contribution in [-0.2, 0) is 6.54 Å². The van der Waals surface area contributed by atoms with Crippen LogP contribution < -0.4 is 9.46 Å². The fraction of sp³-hybridized carbons (Fsp3) is 0.480. The average molecular weight is 524 g/mol. The van der Waals surface area contributed by atoms with Crippen LogP contribution in [0.25, 0.3) is 0 Å². The quantitative estimate of drug-likeness (QED) is 0.426. The highest BCUT2D eigenvalue weighted by Gasteiger charge is 2.31. The molecule has 1 atom stereocenters. The molecule has 5 rings (SSSR count). The Bertz CT molecular complexity index is 1040. The number of benzene rings is 2. The van der Waals surface area contributed by atoms with Gasteiger partial charge in [-0.25, -0.2) is 8.70 Å². The van der Waals surface area contributed by atoms with Crippen molar-refractivity contribution in [3.8, 4) is 5.75 Å². The SMILES string of the molecule is O=C(NSN1CCC1)c1cc(C2CC2)c(OC2CCCN(Cc3cc(Cl)cc(Cl)c3)C2)cc1F. The third-order valence-corrected chi connectivity index (χ3v) is 7.86. The Kier molecular flexibility index (Phi) is 7.56. The number of carbonyl (C=O) groups excluding carboxylic acids is 1. The molecule has 34 heavy (non-hydrogen) atoms. The fourth-order valence-corrected chi connectivity index (χ4v) is 5.83. The Morgan fingerprint density at radius 1 is 1.06 bits per heavy atom. The molecule has 0 spiro atoms. The van der Waals surface area contributed by atoms with E-state index in [0.717, 1.165) is 76.0 Å². The zero-order chi connectivity index (χ0) is 23.7. The number of nitrogens with one attached hydrogen (secondary N) is 1. The maximum absolute atomic E-state index is 15.0. The molecule has 0 radical (unpaired) electrons. The second kappa shape index (κ2) is 10.6. The molecule has 9 heteroatoms. The molecule has 1 unspecified atom stereocenters. The third-order valence-electron chi connectivity index (χ3n) is 6.53. The number of likely N-dealkylation sites (tertiary alicyclic amines) is 1. The van der Waals surface area contributed by atoms with Crippen molar-refractivity contribution in [3.63, 3.8) is 0 Å². The number of ether oxygens (including phenoxy) is 1. The maximum Gasteiger partial charge on any atom is 0.265 e. The molecule has 2 aliphatic heterocycles. The van der Waals surface area contributed by atoms with Crippen LogP contribution in [-0.4, -0.2) is 47.4 Å². The van der Waals surface area contributed by atoms with Crippen molar-refractivity contribution < 1.29 is 13.9 Å². The van der Waals surface area contributed by atoms with Gasteiger partial charge in [0.25, 0.3) is 5.91 Å². The summed E-state index contributed by atoms with van der Waals surface area (Å²) in [6.45, 7) is 4.32. The van der Waals surface area contributed by atoms with Crippen molar-refractivity contribution in [2.24, 2.45) is 0 Å². The Balaban J connectivity index is 1.26. The van der Waals surface area contributed by atoms with Crippen LogP contribution in [0.3, 0.4) is 0 Å². The molecule has 2 aromatic rings. The van der Waals surface area contributed by atoms with Crippen LogP contribution in [0.1, 0.15) is 59.5 Å². The lowest BCUT2D eigenvalue weighted by Gasteiger charge is -2.33. The van der Waals surface area contributed by atoms with Gasteiger partial charge < -0.3 is 4.74 Å². The Hall–Kier alpha value is -1.51. The second-order valence-corrected chi connectivity index (χ2v) is 11.1. The minimum absolute atomic E-state index is 0.0399. The number of piperidine rings is 1. The molecular formula is C25H28Cl2FN3O2S. The van der Waals surface area contributed by atoms with E-state index in [1.807, 2.05) is 16.4 Å². The molecule has 2 heterocycles. The van der Waals surface area contributed by atoms with Gasteiger partial charge in [-0.05, 0) is 80.0 Å². The van der Waals surface area contributed by atoms with Gasteiger partial charge >= 0.3 is 0 Å². The minimum Gasteiger partial charge on any atom is -0.489 e. The molecule has 2 saturated heterocycles. The maximum atomic E-state index is 15.0. The number of hydrogen-bond donors (Lipinski definition) is 1. The zero-order valence-electron chi connectivity index (χ0n) is 18.9. The van der Waals surface area contributed by atoms with Gasteiger partial charge in [-0.1, -0.05) is 23.2 Å². The van der Waals surface area contributed by atoms with E-state index in [9.17, 15) is 9.18 Å². The van der Waals surface area contributed by atoms with Gasteiger partial charge in [0, 0.05) is 54.4 Å². The van der Waals surface area contributed by atoms with Gasteiger partial charge in [-0.15, -0.1) is 0 Å². The topological polar surface area (TPSA) is 44.8 Å². The van der Waals surface area contributed by atoms with E-state index >= 15 is 0 Å². The van der Waals surface area contributed by atoms with Gasteiger partial charge in [0.1, 0.15) is 17.7 Å². The third kappa shape index (κ3) is 6.00. The monoisotopic (exact) mass is 523 g/mol. The standard InChI is InChI=1S/C25H28Cl2FN3O2S/c26-18-9-16(10-19(27)11-18)14-30-6-1-3-20(15-30)33-24-13-23(28)22(12-21(24)17-4-5-17)25(32)29-34-31-7-2-8-31/h9-13,17,20H,1-8,14-15H2,(H,29,32). The molecule has 2 aromatic carbocycles. The summed E-state index contributed by atoms with van der Waals surface area (Å²) in [7, 11) is 0. The summed E-state index contributed by atoms with van der Waals surface area (Å²) < 4.78 is 26.2. The van der Waals surface area contributed by atoms with Crippen molar-refractivity contribution in [1.82, 2.24) is 13.9 Å². The molecule has 1 N–H and O–H groups in total. The van der Waals surface area contributed by atoms with Gasteiger partial charge in [0.05, 0.1) is 5.56 Å². The molecule has 1 aliphatic carbocycles. The summed E-state index contributed by atoms with van der Waals surface area (Å²) in [5.41, 5.74) is 2.10. The van der Waals surface area contributed by atoms with Gasteiger partial charge in [-0.3, -0.25) is 14.4 Å². The summed E-state index contributed by atoms with van der Waals surface area (Å²) in [5.74, 6) is -0.0303. The van der Waals surface area contributed by atoms with Crippen LogP contribution in [0, 0.1) is 5.82 Å². The molecule has 1 amide bonds. The Morgan fingerprint density at radius 2 is 1.82 bits per heavy atom. The summed E-state index contributed by atoms with van der Waals surface area (Å²) in [5, 5.41) is 1.26. The summed E-state index contributed by atoms with van der Waals surface area (Å²) in [4.78, 5) is 14.9. The smallest absolute Gasteiger partial charge is 0.265 e. The second-order valence-electron chi connectivity index (χ2n) is 9.34. The number of amides is 1. The normalized spacial score (nSPS) is 21.2. The largest absolute Gasteiger partial charge is 0.489 e. The van der Waals surface area contributed by atoms with Crippen molar-refractivity contribution >= 4 is 41.2 Å². The van der Waals surface area contributed by atoms with Crippen LogP contribution in [0.15, 0.2) is 30.3 Å². The first-order valence-electron chi connectivity index (χ1n) is 11.8. The molecule has 3 fully saturated rings. The molecule has 0 bridgehead atoms. The lowest BCUT2D eigenvalue weighted by atomic mass is 10.0. The van der Waals surface area contributed by atoms with Crippen LogP contribution >= 0.6 is 35.3 Å². The van der Waals surface area contributed by atoms with Gasteiger partial charge in [-0.2, -0.15) is 0 Å². The molecule has 0 aromatic heterocycles. The van der Waals surface area contributed by atoms with Crippen LogP contribution in [0.4, 0.5) is 4.39 Å². The summed E-state index contributed by atoms with van der Waals surface area (Å²) in [6, 6.07) is 8.71. The number of hydrogen-bond acceptors (Lipinski definition) is 5. The average Bonchev–Trinajstić information content (AvgIpc) is 3.57. The first kappa shape index (κ1) is 24.2. The van der Waals surface area contributed by atoms with Gasteiger partial charge in [0.2, 0.25) is 0 Å². The Labute approximate surface area is 214 Å². The minimum atomic E-state index is -0.539. The number of halogens is 3. The van der Waals surface area contributed by atoms with E-state index in [1.54, 1.807) is 12.1 Å². The van der Waals surface area contributed by atoms with E-state index in [-0.39, 0.29) is 11.7 Å².